The van der Waals surface area contributed by atoms with Crippen LogP contribution in [-0.4, -0.2) is 19.9 Å². The maximum Gasteiger partial charge on any atom is 0.261 e. The fourth-order valence-corrected chi connectivity index (χ4v) is 1.82. The summed E-state index contributed by atoms with van der Waals surface area (Å²) in [5, 5.41) is 8.01. The molecule has 0 aliphatic carbocycles. The van der Waals surface area contributed by atoms with Gasteiger partial charge in [-0.25, -0.2) is 0 Å². The molecule has 2 aromatic rings. The molecule has 0 amide bonds. The zero-order valence-corrected chi connectivity index (χ0v) is 11.1. The second-order valence-electron chi connectivity index (χ2n) is 4.00. The SMILES string of the molecule is CCC(Cl)c1noc(-c2c(C)nn(C)c2C)n1. The van der Waals surface area contributed by atoms with E-state index in [1.54, 1.807) is 4.68 Å². The van der Waals surface area contributed by atoms with E-state index in [1.165, 1.54) is 0 Å². The average molecular weight is 255 g/mol. The maximum atomic E-state index is 6.07. The third kappa shape index (κ3) is 2.07. The fourth-order valence-electron chi connectivity index (χ4n) is 1.73. The molecule has 5 nitrogen and oxygen atoms in total. The van der Waals surface area contributed by atoms with E-state index in [9.17, 15) is 0 Å². The molecule has 0 bridgehead atoms. The zero-order chi connectivity index (χ0) is 12.6. The van der Waals surface area contributed by atoms with Gasteiger partial charge in [0.15, 0.2) is 5.82 Å². The summed E-state index contributed by atoms with van der Waals surface area (Å²) in [5.41, 5.74) is 2.77. The minimum Gasteiger partial charge on any atom is -0.334 e. The number of aromatic nitrogens is 4. The Bertz CT molecular complexity index is 532. The van der Waals surface area contributed by atoms with E-state index < -0.39 is 0 Å². The molecule has 0 N–H and O–H groups in total. The molecule has 0 radical (unpaired) electrons. The van der Waals surface area contributed by atoms with Crippen molar-refractivity contribution in [3.63, 3.8) is 0 Å². The lowest BCUT2D eigenvalue weighted by Gasteiger charge is -1.97. The highest BCUT2D eigenvalue weighted by atomic mass is 35.5. The van der Waals surface area contributed by atoms with E-state index in [0.29, 0.717) is 11.7 Å². The molecule has 6 heteroatoms. The van der Waals surface area contributed by atoms with Gasteiger partial charge in [0.2, 0.25) is 0 Å². The van der Waals surface area contributed by atoms with Crippen molar-refractivity contribution in [2.45, 2.75) is 32.6 Å². The maximum absolute atomic E-state index is 6.07. The quantitative estimate of drug-likeness (QED) is 0.791. The highest BCUT2D eigenvalue weighted by Gasteiger charge is 2.20. The number of alkyl halides is 1. The minimum absolute atomic E-state index is 0.204. The summed E-state index contributed by atoms with van der Waals surface area (Å²) in [7, 11) is 1.89. The molecule has 0 aliphatic heterocycles. The van der Waals surface area contributed by atoms with Gasteiger partial charge in [0, 0.05) is 12.7 Å². The van der Waals surface area contributed by atoms with Crippen molar-refractivity contribution >= 4 is 11.6 Å². The molecule has 0 aliphatic rings. The van der Waals surface area contributed by atoms with Crippen molar-refractivity contribution in [1.82, 2.24) is 19.9 Å². The van der Waals surface area contributed by atoms with Gasteiger partial charge < -0.3 is 4.52 Å². The molecular weight excluding hydrogens is 240 g/mol. The summed E-state index contributed by atoms with van der Waals surface area (Å²) >= 11 is 6.07. The van der Waals surface area contributed by atoms with Gasteiger partial charge in [-0.1, -0.05) is 12.1 Å². The van der Waals surface area contributed by atoms with Crippen molar-refractivity contribution in [1.29, 1.82) is 0 Å². The normalized spacial score (nSPS) is 13.0. The van der Waals surface area contributed by atoms with Crippen molar-refractivity contribution in [2.75, 3.05) is 0 Å². The molecule has 0 saturated carbocycles. The Morgan fingerprint density at radius 3 is 2.65 bits per heavy atom. The number of rotatable bonds is 3. The molecule has 2 rings (SSSR count). The van der Waals surface area contributed by atoms with Gasteiger partial charge in [-0.2, -0.15) is 10.1 Å². The van der Waals surface area contributed by atoms with Crippen LogP contribution >= 0.6 is 11.6 Å². The highest BCUT2D eigenvalue weighted by molar-refractivity contribution is 6.20. The van der Waals surface area contributed by atoms with Crippen LogP contribution in [-0.2, 0) is 7.05 Å². The number of halogens is 1. The van der Waals surface area contributed by atoms with Crippen LogP contribution in [0.4, 0.5) is 0 Å². The van der Waals surface area contributed by atoms with Gasteiger partial charge in [0.05, 0.1) is 16.6 Å². The van der Waals surface area contributed by atoms with Crippen molar-refractivity contribution in [2.24, 2.45) is 7.05 Å². The van der Waals surface area contributed by atoms with Gasteiger partial charge in [0.1, 0.15) is 0 Å². The van der Waals surface area contributed by atoms with Crippen LogP contribution in [0.15, 0.2) is 4.52 Å². The molecule has 2 heterocycles. The predicted molar refractivity (Wildman–Crippen MR) is 64.9 cm³/mol. The second kappa shape index (κ2) is 4.49. The topological polar surface area (TPSA) is 56.7 Å². The monoisotopic (exact) mass is 254 g/mol. The average Bonchev–Trinajstić information content (AvgIpc) is 2.85. The third-order valence-electron chi connectivity index (χ3n) is 2.80. The van der Waals surface area contributed by atoms with Gasteiger partial charge >= 0.3 is 0 Å². The van der Waals surface area contributed by atoms with Crippen molar-refractivity contribution < 1.29 is 4.52 Å². The van der Waals surface area contributed by atoms with Crippen LogP contribution in [0.3, 0.4) is 0 Å². The molecule has 1 unspecified atom stereocenters. The lowest BCUT2D eigenvalue weighted by Crippen LogP contribution is -1.93. The third-order valence-corrected chi connectivity index (χ3v) is 3.31. The van der Waals surface area contributed by atoms with Crippen LogP contribution in [0.5, 0.6) is 0 Å². The Balaban J connectivity index is 2.43. The lowest BCUT2D eigenvalue weighted by molar-refractivity contribution is 0.421. The van der Waals surface area contributed by atoms with E-state index in [4.69, 9.17) is 16.1 Å². The lowest BCUT2D eigenvalue weighted by atomic mass is 10.2. The highest BCUT2D eigenvalue weighted by Crippen LogP contribution is 2.28. The largest absolute Gasteiger partial charge is 0.334 e. The molecule has 92 valence electrons. The second-order valence-corrected chi connectivity index (χ2v) is 4.53. The zero-order valence-electron chi connectivity index (χ0n) is 10.4. The van der Waals surface area contributed by atoms with Crippen LogP contribution in [0, 0.1) is 13.8 Å². The van der Waals surface area contributed by atoms with Crippen molar-refractivity contribution in [3.05, 3.63) is 17.2 Å². The summed E-state index contributed by atoms with van der Waals surface area (Å²) < 4.78 is 7.05. The molecule has 0 aromatic carbocycles. The number of hydrogen-bond acceptors (Lipinski definition) is 4. The van der Waals surface area contributed by atoms with E-state index >= 15 is 0 Å². The molecule has 1 atom stereocenters. The fraction of sp³-hybridized carbons (Fsp3) is 0.545. The van der Waals surface area contributed by atoms with Crippen LogP contribution in [0.2, 0.25) is 0 Å². The first kappa shape index (κ1) is 12.1. The Kier molecular flexibility index (Phi) is 3.19. The van der Waals surface area contributed by atoms with Gasteiger partial charge in [0.25, 0.3) is 5.89 Å². The summed E-state index contributed by atoms with van der Waals surface area (Å²) in [6, 6.07) is 0. The first-order valence-corrected chi connectivity index (χ1v) is 5.96. The van der Waals surface area contributed by atoms with E-state index in [2.05, 4.69) is 15.2 Å². The molecule has 0 saturated heterocycles. The van der Waals surface area contributed by atoms with Gasteiger partial charge in [-0.05, 0) is 20.3 Å². The number of aryl methyl sites for hydroxylation is 2. The number of nitrogens with zero attached hydrogens (tertiary/aromatic N) is 4. The smallest absolute Gasteiger partial charge is 0.261 e. The van der Waals surface area contributed by atoms with Gasteiger partial charge in [-0.15, -0.1) is 11.6 Å². The Morgan fingerprint density at radius 1 is 1.41 bits per heavy atom. The minimum atomic E-state index is -0.204. The molecule has 17 heavy (non-hydrogen) atoms. The Morgan fingerprint density at radius 2 is 2.12 bits per heavy atom. The summed E-state index contributed by atoms with van der Waals surface area (Å²) in [6.45, 7) is 5.87. The molecular formula is C11H15ClN4O. The molecule has 0 fully saturated rings. The van der Waals surface area contributed by atoms with Crippen LogP contribution in [0.25, 0.3) is 11.5 Å². The molecule has 2 aromatic heterocycles. The van der Waals surface area contributed by atoms with Crippen molar-refractivity contribution in [3.8, 4) is 11.5 Å². The standard InChI is InChI=1S/C11H15ClN4O/c1-5-8(12)10-13-11(17-15-10)9-6(2)14-16(4)7(9)3/h8H,5H2,1-4H3. The molecule has 0 spiro atoms. The van der Waals surface area contributed by atoms with E-state index in [1.807, 2.05) is 27.8 Å². The number of hydrogen-bond donors (Lipinski definition) is 0. The summed E-state index contributed by atoms with van der Waals surface area (Å²) in [6.07, 6.45) is 0.769. The van der Waals surface area contributed by atoms with Gasteiger partial charge in [-0.3, -0.25) is 4.68 Å². The van der Waals surface area contributed by atoms with E-state index in [0.717, 1.165) is 23.4 Å². The first-order chi connectivity index (χ1) is 8.04. The first-order valence-electron chi connectivity index (χ1n) is 5.52. The van der Waals surface area contributed by atoms with Crippen LogP contribution < -0.4 is 0 Å². The summed E-state index contributed by atoms with van der Waals surface area (Å²) in [5.74, 6) is 1.02. The Labute approximate surface area is 105 Å². The summed E-state index contributed by atoms with van der Waals surface area (Å²) in [4.78, 5) is 4.32. The van der Waals surface area contributed by atoms with E-state index in [-0.39, 0.29) is 5.38 Å². The predicted octanol–water partition coefficient (Wildman–Crippen LogP) is 2.78. The Hall–Kier alpha value is -1.36. The van der Waals surface area contributed by atoms with Crippen LogP contribution in [0.1, 0.15) is 35.9 Å².